The summed E-state index contributed by atoms with van der Waals surface area (Å²) in [5.74, 6) is -0.153. The second kappa shape index (κ2) is 5.12. The maximum Gasteiger partial charge on any atom is 0.126 e. The number of hydrogen-bond donors (Lipinski definition) is 2. The van der Waals surface area contributed by atoms with Crippen molar-refractivity contribution in [2.45, 2.75) is 13.5 Å². The van der Waals surface area contributed by atoms with Gasteiger partial charge in [0.25, 0.3) is 0 Å². The molecular weight excluding hydrogens is 219 g/mol. The van der Waals surface area contributed by atoms with Crippen LogP contribution < -0.4 is 11.1 Å². The summed E-state index contributed by atoms with van der Waals surface area (Å²) in [5.41, 5.74) is 7.61. The quantitative estimate of drug-likeness (QED) is 0.810. The van der Waals surface area contributed by atoms with E-state index in [1.165, 1.54) is 6.07 Å². The first-order chi connectivity index (χ1) is 8.15. The van der Waals surface area contributed by atoms with Crippen LogP contribution in [0.4, 0.5) is 4.39 Å². The Labute approximate surface area is 101 Å². The maximum atomic E-state index is 13.1. The summed E-state index contributed by atoms with van der Waals surface area (Å²) < 4.78 is 18.3. The fourth-order valence-electron chi connectivity index (χ4n) is 1.97. The number of rotatable bonds is 5. The Morgan fingerprint density at radius 1 is 1.47 bits per heavy atom. The van der Waals surface area contributed by atoms with Crippen LogP contribution in [0.15, 0.2) is 18.2 Å². The van der Waals surface area contributed by atoms with Crippen molar-refractivity contribution in [3.05, 3.63) is 35.1 Å². The zero-order valence-electron chi connectivity index (χ0n) is 10.1. The molecule has 1 fully saturated rings. The van der Waals surface area contributed by atoms with Crippen LogP contribution >= 0.6 is 0 Å². The van der Waals surface area contributed by atoms with Crippen molar-refractivity contribution in [1.82, 2.24) is 5.32 Å². The minimum Gasteiger partial charge on any atom is -0.380 e. The van der Waals surface area contributed by atoms with Crippen molar-refractivity contribution in [1.29, 1.82) is 0 Å². The Hall–Kier alpha value is -0.970. The molecule has 1 aromatic rings. The highest BCUT2D eigenvalue weighted by molar-refractivity contribution is 5.23. The highest BCUT2D eigenvalue weighted by Gasteiger charge is 2.36. The number of hydrogen-bond acceptors (Lipinski definition) is 3. The van der Waals surface area contributed by atoms with Crippen LogP contribution in [0.1, 0.15) is 11.1 Å². The molecule has 0 bridgehead atoms. The predicted molar refractivity (Wildman–Crippen MR) is 65.2 cm³/mol. The third-order valence-corrected chi connectivity index (χ3v) is 3.30. The minimum absolute atomic E-state index is 0.106. The van der Waals surface area contributed by atoms with Gasteiger partial charge < -0.3 is 15.8 Å². The largest absolute Gasteiger partial charge is 0.380 e. The van der Waals surface area contributed by atoms with Gasteiger partial charge in [-0.25, -0.2) is 4.39 Å². The number of halogens is 1. The summed E-state index contributed by atoms with van der Waals surface area (Å²) in [5, 5.41) is 3.36. The molecule has 0 unspecified atom stereocenters. The Kier molecular flexibility index (Phi) is 3.76. The molecule has 0 saturated carbocycles. The van der Waals surface area contributed by atoms with Gasteiger partial charge in [-0.15, -0.1) is 0 Å². The lowest BCUT2D eigenvalue weighted by Crippen LogP contribution is -2.54. The molecule has 17 heavy (non-hydrogen) atoms. The van der Waals surface area contributed by atoms with Gasteiger partial charge in [0.1, 0.15) is 5.82 Å². The number of aryl methyl sites for hydroxylation is 1. The van der Waals surface area contributed by atoms with E-state index in [9.17, 15) is 4.39 Å². The summed E-state index contributed by atoms with van der Waals surface area (Å²) in [6.07, 6.45) is 0. The predicted octanol–water partition coefficient (Wildman–Crippen LogP) is 1.20. The van der Waals surface area contributed by atoms with Crippen LogP contribution in [-0.4, -0.2) is 26.3 Å². The average Bonchev–Trinajstić information content (AvgIpc) is 2.27. The van der Waals surface area contributed by atoms with Gasteiger partial charge in [0.2, 0.25) is 0 Å². The van der Waals surface area contributed by atoms with Gasteiger partial charge in [-0.05, 0) is 24.1 Å². The van der Waals surface area contributed by atoms with Crippen molar-refractivity contribution in [2.75, 3.05) is 26.3 Å². The first kappa shape index (κ1) is 12.5. The average molecular weight is 238 g/mol. The van der Waals surface area contributed by atoms with E-state index in [2.05, 4.69) is 5.32 Å². The van der Waals surface area contributed by atoms with Crippen molar-refractivity contribution < 1.29 is 9.13 Å². The van der Waals surface area contributed by atoms with Crippen LogP contribution in [0.25, 0.3) is 0 Å². The van der Waals surface area contributed by atoms with Gasteiger partial charge in [0, 0.05) is 25.0 Å². The van der Waals surface area contributed by atoms with E-state index < -0.39 is 0 Å². The van der Waals surface area contributed by atoms with E-state index in [1.807, 2.05) is 12.1 Å². The highest BCUT2D eigenvalue weighted by Crippen LogP contribution is 2.24. The highest BCUT2D eigenvalue weighted by atomic mass is 19.1. The smallest absolute Gasteiger partial charge is 0.126 e. The Morgan fingerprint density at radius 3 is 2.76 bits per heavy atom. The standard InChI is InChI=1S/C13H19FN2O/c1-10-4-11(2-3-12(10)14)5-16-7-13(6-15)8-17-9-13/h2-4,16H,5-9,15H2,1H3. The molecule has 1 aliphatic heterocycles. The lowest BCUT2D eigenvalue weighted by Gasteiger charge is -2.40. The summed E-state index contributed by atoms with van der Waals surface area (Å²) >= 11 is 0. The van der Waals surface area contributed by atoms with Crippen LogP contribution in [0.2, 0.25) is 0 Å². The normalized spacial score (nSPS) is 17.8. The molecule has 4 heteroatoms. The number of ether oxygens (including phenoxy) is 1. The molecule has 94 valence electrons. The molecule has 1 aromatic carbocycles. The minimum atomic E-state index is -0.153. The third-order valence-electron chi connectivity index (χ3n) is 3.30. The van der Waals surface area contributed by atoms with Crippen molar-refractivity contribution in [3.8, 4) is 0 Å². The summed E-state index contributed by atoms with van der Waals surface area (Å²) in [7, 11) is 0. The van der Waals surface area contributed by atoms with Crippen LogP contribution in [-0.2, 0) is 11.3 Å². The number of benzene rings is 1. The second-order valence-corrected chi connectivity index (χ2v) is 4.88. The zero-order chi connectivity index (χ0) is 12.3. The molecule has 0 aromatic heterocycles. The first-order valence-corrected chi connectivity index (χ1v) is 5.89. The van der Waals surface area contributed by atoms with E-state index in [0.29, 0.717) is 12.1 Å². The molecule has 3 nitrogen and oxygen atoms in total. The molecule has 1 aliphatic rings. The van der Waals surface area contributed by atoms with Crippen LogP contribution in [0.3, 0.4) is 0 Å². The van der Waals surface area contributed by atoms with E-state index in [-0.39, 0.29) is 11.2 Å². The Morgan fingerprint density at radius 2 is 2.24 bits per heavy atom. The molecule has 0 aliphatic carbocycles. The van der Waals surface area contributed by atoms with Gasteiger partial charge in [-0.1, -0.05) is 12.1 Å². The molecule has 1 saturated heterocycles. The fourth-order valence-corrected chi connectivity index (χ4v) is 1.97. The first-order valence-electron chi connectivity index (χ1n) is 5.89. The lowest BCUT2D eigenvalue weighted by molar-refractivity contribution is -0.105. The van der Waals surface area contributed by atoms with Crippen molar-refractivity contribution in [2.24, 2.45) is 11.1 Å². The molecule has 2 rings (SSSR count). The van der Waals surface area contributed by atoms with Crippen molar-refractivity contribution in [3.63, 3.8) is 0 Å². The molecule has 0 atom stereocenters. The van der Waals surface area contributed by atoms with E-state index in [4.69, 9.17) is 10.5 Å². The monoisotopic (exact) mass is 238 g/mol. The summed E-state index contributed by atoms with van der Waals surface area (Å²) in [6, 6.07) is 5.19. The van der Waals surface area contributed by atoms with E-state index in [0.717, 1.165) is 31.9 Å². The van der Waals surface area contributed by atoms with Gasteiger partial charge in [-0.2, -0.15) is 0 Å². The molecule has 0 radical (unpaired) electrons. The summed E-state index contributed by atoms with van der Waals surface area (Å²) in [6.45, 7) is 5.48. The lowest BCUT2D eigenvalue weighted by atomic mass is 9.86. The molecule has 0 spiro atoms. The SMILES string of the molecule is Cc1cc(CNCC2(CN)COC2)ccc1F. The van der Waals surface area contributed by atoms with Crippen LogP contribution in [0, 0.1) is 18.2 Å². The molecule has 0 amide bonds. The van der Waals surface area contributed by atoms with E-state index in [1.54, 1.807) is 6.92 Å². The maximum absolute atomic E-state index is 13.1. The zero-order valence-corrected chi connectivity index (χ0v) is 10.1. The van der Waals surface area contributed by atoms with E-state index >= 15 is 0 Å². The van der Waals surface area contributed by atoms with Gasteiger partial charge in [0.15, 0.2) is 0 Å². The molecule has 3 N–H and O–H groups in total. The molecular formula is C13H19FN2O. The Balaban J connectivity index is 1.83. The van der Waals surface area contributed by atoms with Gasteiger partial charge >= 0.3 is 0 Å². The van der Waals surface area contributed by atoms with Crippen molar-refractivity contribution >= 4 is 0 Å². The molecule has 1 heterocycles. The van der Waals surface area contributed by atoms with Gasteiger partial charge in [-0.3, -0.25) is 0 Å². The van der Waals surface area contributed by atoms with Crippen LogP contribution in [0.5, 0.6) is 0 Å². The number of nitrogens with two attached hydrogens (primary N) is 1. The topological polar surface area (TPSA) is 47.3 Å². The number of nitrogens with one attached hydrogen (secondary N) is 1. The fraction of sp³-hybridized carbons (Fsp3) is 0.538. The summed E-state index contributed by atoms with van der Waals surface area (Å²) in [4.78, 5) is 0. The third kappa shape index (κ3) is 2.83. The second-order valence-electron chi connectivity index (χ2n) is 4.88. The van der Waals surface area contributed by atoms with Gasteiger partial charge in [0.05, 0.1) is 13.2 Å². The Bertz CT molecular complexity index is 385.